The second-order valence-corrected chi connectivity index (χ2v) is 4.04. The van der Waals surface area contributed by atoms with E-state index in [-0.39, 0.29) is 23.9 Å². The summed E-state index contributed by atoms with van der Waals surface area (Å²) in [5.74, 6) is -0.305. The topological polar surface area (TPSA) is 72.2 Å². The van der Waals surface area contributed by atoms with Gasteiger partial charge in [0.05, 0.1) is 15.5 Å². The van der Waals surface area contributed by atoms with Gasteiger partial charge in [0.25, 0.3) is 5.69 Å². The number of hydrogen-bond acceptors (Lipinski definition) is 3. The highest BCUT2D eigenvalue weighted by atomic mass is 35.5. The lowest BCUT2D eigenvalue weighted by molar-refractivity contribution is -0.385. The van der Waals surface area contributed by atoms with Gasteiger partial charge in [0.1, 0.15) is 0 Å². The number of nitro groups is 1. The van der Waals surface area contributed by atoms with Crippen LogP contribution in [0.25, 0.3) is 0 Å². The maximum atomic E-state index is 11.1. The fraction of sp³-hybridized carbons (Fsp3) is 0.300. The SMILES string of the molecule is O=C1CC(c2c(Cl)cccc2[N+](=O)[O-])CN1. The molecule has 0 spiro atoms. The first-order valence-electron chi connectivity index (χ1n) is 4.79. The van der Waals surface area contributed by atoms with Crippen molar-refractivity contribution in [3.8, 4) is 0 Å². The Labute approximate surface area is 96.6 Å². The third kappa shape index (κ3) is 1.86. The van der Waals surface area contributed by atoms with Crippen LogP contribution in [-0.2, 0) is 4.79 Å². The first-order valence-corrected chi connectivity index (χ1v) is 5.17. The van der Waals surface area contributed by atoms with Crippen molar-refractivity contribution in [1.82, 2.24) is 5.32 Å². The van der Waals surface area contributed by atoms with Crippen molar-refractivity contribution >= 4 is 23.2 Å². The first-order chi connectivity index (χ1) is 7.59. The molecule has 1 unspecified atom stereocenters. The molecule has 6 heteroatoms. The standard InChI is InChI=1S/C10H9ClN2O3/c11-7-2-1-3-8(13(15)16)10(7)6-4-9(14)12-5-6/h1-3,6H,4-5H2,(H,12,14). The minimum absolute atomic E-state index is 0.0194. The maximum absolute atomic E-state index is 11.1. The normalized spacial score (nSPS) is 19.6. The highest BCUT2D eigenvalue weighted by Crippen LogP contribution is 2.36. The van der Waals surface area contributed by atoms with Crippen molar-refractivity contribution in [1.29, 1.82) is 0 Å². The largest absolute Gasteiger partial charge is 0.355 e. The van der Waals surface area contributed by atoms with Gasteiger partial charge in [-0.05, 0) is 6.07 Å². The number of nitrogens with zero attached hydrogens (tertiary/aromatic N) is 1. The number of carbonyl (C=O) groups excluding carboxylic acids is 1. The van der Waals surface area contributed by atoms with E-state index >= 15 is 0 Å². The van der Waals surface area contributed by atoms with Crippen LogP contribution in [0.4, 0.5) is 5.69 Å². The lowest BCUT2D eigenvalue weighted by atomic mass is 9.96. The van der Waals surface area contributed by atoms with Crippen molar-refractivity contribution in [2.75, 3.05) is 6.54 Å². The lowest BCUT2D eigenvalue weighted by Crippen LogP contribution is -2.13. The van der Waals surface area contributed by atoms with E-state index in [1.54, 1.807) is 6.07 Å². The molecule has 0 saturated carbocycles. The predicted molar refractivity (Wildman–Crippen MR) is 58.5 cm³/mol. The molecule has 1 N–H and O–H groups in total. The van der Waals surface area contributed by atoms with Crippen molar-refractivity contribution in [2.24, 2.45) is 0 Å². The molecule has 1 aliphatic heterocycles. The Bertz CT molecular complexity index is 461. The Balaban J connectivity index is 2.46. The molecule has 1 saturated heterocycles. The van der Waals surface area contributed by atoms with E-state index in [1.165, 1.54) is 12.1 Å². The number of benzene rings is 1. The molecular formula is C10H9ClN2O3. The second-order valence-electron chi connectivity index (χ2n) is 3.63. The molecule has 0 bridgehead atoms. The average molecular weight is 241 g/mol. The summed E-state index contributed by atoms with van der Waals surface area (Å²) in [5.41, 5.74) is 0.432. The molecule has 2 rings (SSSR count). The van der Waals surface area contributed by atoms with Gasteiger partial charge in [-0.1, -0.05) is 17.7 Å². The van der Waals surface area contributed by atoms with E-state index in [0.717, 1.165) is 0 Å². The summed E-state index contributed by atoms with van der Waals surface area (Å²) in [6, 6.07) is 4.55. The summed E-state index contributed by atoms with van der Waals surface area (Å²) in [7, 11) is 0. The van der Waals surface area contributed by atoms with Crippen LogP contribution in [0.1, 0.15) is 17.9 Å². The number of hydrogen-bond donors (Lipinski definition) is 1. The summed E-state index contributed by atoms with van der Waals surface area (Å²) in [6.45, 7) is 0.406. The minimum atomic E-state index is -0.468. The van der Waals surface area contributed by atoms with E-state index in [1.807, 2.05) is 0 Å². The number of amides is 1. The number of nitro benzene ring substituents is 1. The lowest BCUT2D eigenvalue weighted by Gasteiger charge is -2.10. The van der Waals surface area contributed by atoms with Gasteiger partial charge in [-0.25, -0.2) is 0 Å². The van der Waals surface area contributed by atoms with E-state index in [9.17, 15) is 14.9 Å². The van der Waals surface area contributed by atoms with Crippen molar-refractivity contribution in [3.05, 3.63) is 38.9 Å². The molecule has 0 aliphatic carbocycles. The zero-order valence-corrected chi connectivity index (χ0v) is 9.03. The highest BCUT2D eigenvalue weighted by molar-refractivity contribution is 6.31. The monoisotopic (exact) mass is 240 g/mol. The molecule has 16 heavy (non-hydrogen) atoms. The molecule has 0 radical (unpaired) electrons. The number of carbonyl (C=O) groups is 1. The van der Waals surface area contributed by atoms with Crippen LogP contribution >= 0.6 is 11.6 Å². The van der Waals surface area contributed by atoms with E-state index in [2.05, 4.69) is 5.32 Å². The fourth-order valence-corrected chi connectivity index (χ4v) is 2.22. The summed E-state index contributed by atoms with van der Waals surface area (Å²) < 4.78 is 0. The van der Waals surface area contributed by atoms with Gasteiger partial charge in [-0.3, -0.25) is 14.9 Å². The third-order valence-corrected chi connectivity index (χ3v) is 2.94. The van der Waals surface area contributed by atoms with E-state index < -0.39 is 4.92 Å². The Hall–Kier alpha value is -1.62. The molecule has 1 fully saturated rings. The van der Waals surface area contributed by atoms with Crippen molar-refractivity contribution in [3.63, 3.8) is 0 Å². The van der Waals surface area contributed by atoms with Gasteiger partial charge in [0, 0.05) is 24.9 Å². The Morgan fingerprint density at radius 2 is 2.25 bits per heavy atom. The molecular weight excluding hydrogens is 232 g/mol. The fourth-order valence-electron chi connectivity index (χ4n) is 1.90. The van der Waals surface area contributed by atoms with Crippen LogP contribution in [0.15, 0.2) is 18.2 Å². The minimum Gasteiger partial charge on any atom is -0.355 e. The molecule has 1 atom stereocenters. The molecule has 1 aliphatic rings. The molecule has 1 amide bonds. The van der Waals surface area contributed by atoms with Gasteiger partial charge < -0.3 is 5.32 Å². The Kier molecular flexibility index (Phi) is 2.78. The Morgan fingerprint density at radius 1 is 1.50 bits per heavy atom. The third-order valence-electron chi connectivity index (χ3n) is 2.61. The van der Waals surface area contributed by atoms with Gasteiger partial charge >= 0.3 is 0 Å². The van der Waals surface area contributed by atoms with Crippen LogP contribution in [0.2, 0.25) is 5.02 Å². The van der Waals surface area contributed by atoms with Crippen LogP contribution in [-0.4, -0.2) is 17.4 Å². The second kappa shape index (κ2) is 4.09. The Morgan fingerprint density at radius 3 is 2.81 bits per heavy atom. The van der Waals surface area contributed by atoms with Crippen LogP contribution in [0.5, 0.6) is 0 Å². The maximum Gasteiger partial charge on any atom is 0.274 e. The summed E-state index contributed by atoms with van der Waals surface area (Å²) in [5, 5.41) is 13.8. The van der Waals surface area contributed by atoms with E-state index in [4.69, 9.17) is 11.6 Å². The van der Waals surface area contributed by atoms with Gasteiger partial charge in [0.2, 0.25) is 5.91 Å². The summed E-state index contributed by atoms with van der Waals surface area (Å²) >= 11 is 5.96. The van der Waals surface area contributed by atoms with Crippen LogP contribution < -0.4 is 5.32 Å². The molecule has 84 valence electrons. The van der Waals surface area contributed by atoms with Crippen molar-refractivity contribution < 1.29 is 9.72 Å². The molecule has 1 heterocycles. The van der Waals surface area contributed by atoms with Crippen molar-refractivity contribution in [2.45, 2.75) is 12.3 Å². The zero-order valence-electron chi connectivity index (χ0n) is 8.27. The number of nitrogens with one attached hydrogen (secondary N) is 1. The molecule has 0 aromatic heterocycles. The smallest absolute Gasteiger partial charge is 0.274 e. The number of rotatable bonds is 2. The average Bonchev–Trinajstić information content (AvgIpc) is 2.64. The highest BCUT2D eigenvalue weighted by Gasteiger charge is 2.30. The summed E-state index contributed by atoms with van der Waals surface area (Å²) in [6.07, 6.45) is 0.255. The van der Waals surface area contributed by atoms with Gasteiger partial charge in [-0.2, -0.15) is 0 Å². The van der Waals surface area contributed by atoms with E-state index in [0.29, 0.717) is 17.1 Å². The predicted octanol–water partition coefficient (Wildman–Crippen LogP) is 1.85. The number of halogens is 1. The quantitative estimate of drug-likeness (QED) is 0.633. The van der Waals surface area contributed by atoms with Crippen LogP contribution in [0.3, 0.4) is 0 Å². The van der Waals surface area contributed by atoms with Gasteiger partial charge in [-0.15, -0.1) is 0 Å². The molecule has 1 aromatic rings. The summed E-state index contributed by atoms with van der Waals surface area (Å²) in [4.78, 5) is 21.5. The molecule has 1 aromatic carbocycles. The molecule has 5 nitrogen and oxygen atoms in total. The zero-order chi connectivity index (χ0) is 11.7. The first kappa shape index (κ1) is 10.9. The van der Waals surface area contributed by atoms with Crippen LogP contribution in [0, 0.1) is 10.1 Å². The van der Waals surface area contributed by atoms with Gasteiger partial charge in [0.15, 0.2) is 0 Å².